The van der Waals surface area contributed by atoms with Crippen molar-refractivity contribution in [3.8, 4) is 0 Å². The molecule has 0 aliphatic heterocycles. The summed E-state index contributed by atoms with van der Waals surface area (Å²) in [6.45, 7) is 1.45. The number of amides is 1. The monoisotopic (exact) mass is 343 g/mol. The number of carbonyl (C=O) groups is 1. The van der Waals surface area contributed by atoms with Gasteiger partial charge in [0.15, 0.2) is 5.76 Å². The highest BCUT2D eigenvalue weighted by Gasteiger charge is 2.11. The Morgan fingerprint density at radius 3 is 2.95 bits per heavy atom. The van der Waals surface area contributed by atoms with E-state index in [9.17, 15) is 4.79 Å². The number of nitrogen functional groups attached to an aromatic ring is 1. The molecule has 2 aromatic heterocycles. The van der Waals surface area contributed by atoms with Gasteiger partial charge in [-0.25, -0.2) is 5.84 Å². The molecule has 2 rings (SSSR count). The van der Waals surface area contributed by atoms with Crippen LogP contribution in [0.15, 0.2) is 31.8 Å². The van der Waals surface area contributed by atoms with Gasteiger partial charge in [-0.1, -0.05) is 0 Å². The second-order valence-corrected chi connectivity index (χ2v) is 6.46. The number of rotatable bonds is 5. The van der Waals surface area contributed by atoms with Crippen molar-refractivity contribution in [1.29, 1.82) is 0 Å². The third-order valence-electron chi connectivity index (χ3n) is 2.52. The first-order valence-corrected chi connectivity index (χ1v) is 7.27. The van der Waals surface area contributed by atoms with Crippen molar-refractivity contribution >= 4 is 33.2 Å². The molecule has 7 heteroatoms. The third-order valence-corrected chi connectivity index (χ3v) is 4.07. The van der Waals surface area contributed by atoms with E-state index < -0.39 is 5.91 Å². The van der Waals surface area contributed by atoms with Gasteiger partial charge in [0.2, 0.25) is 0 Å². The van der Waals surface area contributed by atoms with Crippen LogP contribution in [0.3, 0.4) is 0 Å². The van der Waals surface area contributed by atoms with Gasteiger partial charge in [0, 0.05) is 6.54 Å². The summed E-state index contributed by atoms with van der Waals surface area (Å²) < 4.78 is 6.53. The fourth-order valence-electron chi connectivity index (χ4n) is 1.72. The quantitative estimate of drug-likeness (QED) is 0.496. The largest absolute Gasteiger partial charge is 0.455 e. The van der Waals surface area contributed by atoms with E-state index in [2.05, 4.69) is 32.3 Å². The van der Waals surface area contributed by atoms with E-state index in [4.69, 9.17) is 10.3 Å². The van der Waals surface area contributed by atoms with Crippen molar-refractivity contribution in [3.63, 3.8) is 0 Å². The highest BCUT2D eigenvalue weighted by atomic mass is 79.9. The number of carbonyl (C=O) groups excluding carboxylic acids is 1. The highest BCUT2D eigenvalue weighted by molar-refractivity contribution is 9.11. The Kier molecular flexibility index (Phi) is 4.76. The van der Waals surface area contributed by atoms with Gasteiger partial charge < -0.3 is 4.42 Å². The maximum Gasteiger partial charge on any atom is 0.300 e. The number of hydrogen-bond donors (Lipinski definition) is 2. The van der Waals surface area contributed by atoms with Crippen LogP contribution in [0, 0.1) is 0 Å². The molecule has 5 nitrogen and oxygen atoms in total. The molecule has 0 aliphatic carbocycles. The van der Waals surface area contributed by atoms with Crippen LogP contribution in [0.2, 0.25) is 0 Å². The van der Waals surface area contributed by atoms with Gasteiger partial charge in [0.1, 0.15) is 5.76 Å². The number of thiophene rings is 1. The summed E-state index contributed by atoms with van der Waals surface area (Å²) >= 11 is 5.10. The molecule has 0 unspecified atom stereocenters. The van der Waals surface area contributed by atoms with Crippen molar-refractivity contribution in [2.24, 2.45) is 5.84 Å². The molecule has 0 saturated heterocycles. The van der Waals surface area contributed by atoms with Gasteiger partial charge >= 0.3 is 5.91 Å². The lowest BCUT2D eigenvalue weighted by Gasteiger charge is -2.13. The summed E-state index contributed by atoms with van der Waals surface area (Å²) in [6.07, 6.45) is 0. The molecule has 0 fully saturated rings. The second-order valence-electron chi connectivity index (χ2n) is 4.17. The Bertz CT molecular complexity index is 567. The van der Waals surface area contributed by atoms with Crippen molar-refractivity contribution in [2.75, 3.05) is 7.05 Å². The van der Waals surface area contributed by atoms with Crippen molar-refractivity contribution in [2.45, 2.75) is 13.1 Å². The van der Waals surface area contributed by atoms with Crippen molar-refractivity contribution in [3.05, 3.63) is 44.4 Å². The Labute approximate surface area is 123 Å². The Balaban J connectivity index is 1.93. The van der Waals surface area contributed by atoms with Gasteiger partial charge in [-0.15, -0.1) is 11.3 Å². The van der Waals surface area contributed by atoms with Crippen molar-refractivity contribution in [1.82, 2.24) is 10.3 Å². The lowest BCUT2D eigenvalue weighted by Crippen LogP contribution is -2.29. The SMILES string of the molecule is CN(Cc1csc(Br)c1)Cc1ccc(C(=O)NN)o1. The molecule has 0 saturated carbocycles. The molecule has 19 heavy (non-hydrogen) atoms. The first kappa shape index (κ1) is 14.3. The summed E-state index contributed by atoms with van der Waals surface area (Å²) in [5.74, 6) is 5.58. The number of furan rings is 1. The average molecular weight is 344 g/mol. The van der Waals surface area contributed by atoms with E-state index in [1.54, 1.807) is 23.5 Å². The molecule has 0 aromatic carbocycles. The zero-order valence-corrected chi connectivity index (χ0v) is 12.8. The van der Waals surface area contributed by atoms with E-state index in [0.29, 0.717) is 6.54 Å². The maximum atomic E-state index is 11.3. The molecule has 102 valence electrons. The molecule has 2 heterocycles. The minimum atomic E-state index is -0.421. The molecule has 0 radical (unpaired) electrons. The number of halogens is 1. The molecule has 3 N–H and O–H groups in total. The van der Waals surface area contributed by atoms with E-state index >= 15 is 0 Å². The molecular formula is C12H14BrN3O2S. The molecule has 2 aromatic rings. The van der Waals surface area contributed by atoms with E-state index in [1.807, 2.05) is 12.5 Å². The van der Waals surface area contributed by atoms with Crippen LogP contribution in [-0.4, -0.2) is 17.9 Å². The van der Waals surface area contributed by atoms with Gasteiger partial charge in [-0.2, -0.15) is 0 Å². The van der Waals surface area contributed by atoms with Crippen LogP contribution in [0.1, 0.15) is 21.9 Å². The number of nitrogens with zero attached hydrogens (tertiary/aromatic N) is 1. The Hall–Kier alpha value is -1.15. The standard InChI is InChI=1S/C12H14BrN3O2S/c1-16(5-8-4-11(13)19-7-8)6-9-2-3-10(18-9)12(17)15-14/h2-4,7H,5-6,14H2,1H3,(H,15,17). The summed E-state index contributed by atoms with van der Waals surface area (Å²) in [7, 11) is 2.00. The molecule has 0 bridgehead atoms. The minimum Gasteiger partial charge on any atom is -0.455 e. The summed E-state index contributed by atoms with van der Waals surface area (Å²) in [5, 5.41) is 2.11. The first-order chi connectivity index (χ1) is 9.08. The van der Waals surface area contributed by atoms with E-state index in [0.717, 1.165) is 16.1 Å². The van der Waals surface area contributed by atoms with E-state index in [-0.39, 0.29) is 5.76 Å². The highest BCUT2D eigenvalue weighted by Crippen LogP contribution is 2.22. The molecule has 0 aliphatic rings. The lowest BCUT2D eigenvalue weighted by molar-refractivity contribution is 0.0922. The fourth-order valence-corrected chi connectivity index (χ4v) is 2.92. The lowest BCUT2D eigenvalue weighted by atomic mass is 10.3. The Morgan fingerprint density at radius 1 is 1.53 bits per heavy atom. The van der Waals surface area contributed by atoms with Crippen LogP contribution in [0.25, 0.3) is 0 Å². The number of nitrogens with two attached hydrogens (primary N) is 1. The second kappa shape index (κ2) is 6.33. The predicted octanol–water partition coefficient (Wildman–Crippen LogP) is 2.34. The van der Waals surface area contributed by atoms with Gasteiger partial charge in [0.25, 0.3) is 0 Å². The molecule has 0 atom stereocenters. The minimum absolute atomic E-state index is 0.226. The zero-order chi connectivity index (χ0) is 13.8. The molecular weight excluding hydrogens is 330 g/mol. The number of hydrazine groups is 1. The Morgan fingerprint density at radius 2 is 2.32 bits per heavy atom. The third kappa shape index (κ3) is 3.90. The zero-order valence-electron chi connectivity index (χ0n) is 10.4. The average Bonchev–Trinajstić information content (AvgIpc) is 2.98. The topological polar surface area (TPSA) is 71.5 Å². The van der Waals surface area contributed by atoms with Crippen LogP contribution in [0.4, 0.5) is 0 Å². The van der Waals surface area contributed by atoms with Crippen LogP contribution in [-0.2, 0) is 13.1 Å². The van der Waals surface area contributed by atoms with E-state index in [1.165, 1.54) is 5.56 Å². The van der Waals surface area contributed by atoms with Crippen LogP contribution < -0.4 is 11.3 Å². The van der Waals surface area contributed by atoms with Gasteiger partial charge in [-0.3, -0.25) is 15.1 Å². The fraction of sp³-hybridized carbons (Fsp3) is 0.250. The number of nitrogens with one attached hydrogen (secondary N) is 1. The van der Waals surface area contributed by atoms with Gasteiger partial charge in [-0.05, 0) is 52.1 Å². The summed E-state index contributed by atoms with van der Waals surface area (Å²) in [4.78, 5) is 13.4. The molecule has 0 spiro atoms. The van der Waals surface area contributed by atoms with Gasteiger partial charge in [0.05, 0.1) is 10.3 Å². The van der Waals surface area contributed by atoms with Crippen LogP contribution >= 0.6 is 27.3 Å². The number of hydrogen-bond acceptors (Lipinski definition) is 5. The van der Waals surface area contributed by atoms with Crippen molar-refractivity contribution < 1.29 is 9.21 Å². The van der Waals surface area contributed by atoms with Crippen LogP contribution in [0.5, 0.6) is 0 Å². The summed E-state index contributed by atoms with van der Waals surface area (Å²) in [5.41, 5.74) is 3.28. The normalized spacial score (nSPS) is 10.9. The maximum absolute atomic E-state index is 11.3. The summed E-state index contributed by atoms with van der Waals surface area (Å²) in [6, 6.07) is 5.49. The smallest absolute Gasteiger partial charge is 0.300 e. The first-order valence-electron chi connectivity index (χ1n) is 5.59. The molecule has 1 amide bonds. The predicted molar refractivity (Wildman–Crippen MR) is 77.6 cm³/mol.